The average molecular weight is 236 g/mol. The number of benzene rings is 1. The van der Waals surface area contributed by atoms with Crippen LogP contribution in [0.4, 0.5) is 0 Å². The summed E-state index contributed by atoms with van der Waals surface area (Å²) in [6.07, 6.45) is -1.03. The Kier molecular flexibility index (Phi) is 4.39. The van der Waals surface area contributed by atoms with E-state index in [1.54, 1.807) is 18.2 Å². The zero-order valence-corrected chi connectivity index (χ0v) is 9.30. The van der Waals surface area contributed by atoms with Gasteiger partial charge in [-0.05, 0) is 12.1 Å². The van der Waals surface area contributed by atoms with Gasteiger partial charge in [-0.1, -0.05) is 12.1 Å². The number of methoxy groups -OCH3 is 1. The Balaban J connectivity index is 2.69. The zero-order valence-electron chi connectivity index (χ0n) is 9.30. The molecule has 5 nitrogen and oxygen atoms in total. The van der Waals surface area contributed by atoms with Crippen LogP contribution in [0.1, 0.15) is 23.2 Å². The second-order valence-corrected chi connectivity index (χ2v) is 3.44. The number of carboxylic acids is 1. The first-order chi connectivity index (χ1) is 8.02. The standard InChI is InChI=1S/C12H12O5/c1-17-10-4-2-3-8(5-10)11(14)6-9(13)7-12(15)16/h2-5H,6-7H2,1H3,(H,15,16). The molecule has 1 N–H and O–H groups in total. The Morgan fingerprint density at radius 3 is 2.53 bits per heavy atom. The maximum Gasteiger partial charge on any atom is 0.310 e. The second kappa shape index (κ2) is 5.79. The van der Waals surface area contributed by atoms with Gasteiger partial charge in [0.05, 0.1) is 13.5 Å². The first kappa shape index (κ1) is 12.9. The minimum atomic E-state index is -1.23. The summed E-state index contributed by atoms with van der Waals surface area (Å²) in [5, 5.41) is 8.40. The molecule has 0 saturated carbocycles. The zero-order chi connectivity index (χ0) is 12.8. The van der Waals surface area contributed by atoms with Crippen LogP contribution >= 0.6 is 0 Å². The Labute approximate surface area is 98.0 Å². The Bertz CT molecular complexity index is 450. The monoisotopic (exact) mass is 236 g/mol. The molecule has 0 radical (unpaired) electrons. The van der Waals surface area contributed by atoms with Crippen LogP contribution in [0.15, 0.2) is 24.3 Å². The van der Waals surface area contributed by atoms with E-state index >= 15 is 0 Å². The third-order valence-corrected chi connectivity index (χ3v) is 2.10. The number of hydrogen-bond acceptors (Lipinski definition) is 4. The Morgan fingerprint density at radius 1 is 1.24 bits per heavy atom. The van der Waals surface area contributed by atoms with Gasteiger partial charge in [0.1, 0.15) is 12.2 Å². The van der Waals surface area contributed by atoms with Crippen LogP contribution < -0.4 is 4.74 Å². The fourth-order valence-electron chi connectivity index (χ4n) is 1.31. The van der Waals surface area contributed by atoms with E-state index < -0.39 is 30.4 Å². The summed E-state index contributed by atoms with van der Waals surface area (Å²) >= 11 is 0. The fourth-order valence-corrected chi connectivity index (χ4v) is 1.31. The lowest BCUT2D eigenvalue weighted by Crippen LogP contribution is -2.12. The van der Waals surface area contributed by atoms with Crippen LogP contribution in [0.3, 0.4) is 0 Å². The molecular weight excluding hydrogens is 224 g/mol. The molecule has 17 heavy (non-hydrogen) atoms. The molecule has 0 unspecified atom stereocenters. The second-order valence-electron chi connectivity index (χ2n) is 3.44. The number of ether oxygens (including phenoxy) is 1. The molecule has 0 heterocycles. The number of Topliss-reactive ketones (excluding diaryl/α,β-unsaturated/α-hetero) is 2. The van der Waals surface area contributed by atoms with Gasteiger partial charge in [0.25, 0.3) is 0 Å². The highest BCUT2D eigenvalue weighted by molar-refractivity contribution is 6.11. The SMILES string of the molecule is COc1cccc(C(=O)CC(=O)CC(=O)O)c1. The normalized spacial score (nSPS) is 9.71. The highest BCUT2D eigenvalue weighted by Gasteiger charge is 2.14. The smallest absolute Gasteiger partial charge is 0.310 e. The highest BCUT2D eigenvalue weighted by atomic mass is 16.5. The molecule has 0 bridgehead atoms. The van der Waals surface area contributed by atoms with E-state index in [4.69, 9.17) is 9.84 Å². The molecule has 0 aliphatic carbocycles. The molecule has 0 aliphatic rings. The maximum atomic E-state index is 11.6. The van der Waals surface area contributed by atoms with E-state index in [1.807, 2.05) is 0 Å². The van der Waals surface area contributed by atoms with E-state index in [9.17, 15) is 14.4 Å². The van der Waals surface area contributed by atoms with Crippen LogP contribution in [-0.2, 0) is 9.59 Å². The van der Waals surface area contributed by atoms with Crippen molar-refractivity contribution in [1.29, 1.82) is 0 Å². The van der Waals surface area contributed by atoms with E-state index in [-0.39, 0.29) is 0 Å². The molecule has 0 aromatic heterocycles. The lowest BCUT2D eigenvalue weighted by atomic mass is 10.0. The van der Waals surface area contributed by atoms with Crippen molar-refractivity contribution in [3.05, 3.63) is 29.8 Å². The predicted molar refractivity (Wildman–Crippen MR) is 59.2 cm³/mol. The first-order valence-electron chi connectivity index (χ1n) is 4.93. The number of carbonyl (C=O) groups is 3. The molecule has 0 atom stereocenters. The predicted octanol–water partition coefficient (Wildman–Crippen LogP) is 1.31. The number of carbonyl (C=O) groups excluding carboxylic acids is 2. The van der Waals surface area contributed by atoms with Crippen molar-refractivity contribution in [2.45, 2.75) is 12.8 Å². The lowest BCUT2D eigenvalue weighted by molar-refractivity contribution is -0.139. The van der Waals surface area contributed by atoms with Crippen molar-refractivity contribution in [2.75, 3.05) is 7.11 Å². The quantitative estimate of drug-likeness (QED) is 0.595. The summed E-state index contributed by atoms with van der Waals surface area (Å²) in [5.41, 5.74) is 0.336. The van der Waals surface area contributed by atoms with Gasteiger partial charge in [0.2, 0.25) is 0 Å². The van der Waals surface area contributed by atoms with Gasteiger partial charge < -0.3 is 9.84 Å². The molecule has 0 aliphatic heterocycles. The molecule has 0 amide bonds. The first-order valence-corrected chi connectivity index (χ1v) is 4.93. The van der Waals surface area contributed by atoms with Crippen molar-refractivity contribution in [3.8, 4) is 5.75 Å². The van der Waals surface area contributed by atoms with Gasteiger partial charge >= 0.3 is 5.97 Å². The summed E-state index contributed by atoms with van der Waals surface area (Å²) in [5.74, 6) is -1.73. The third-order valence-electron chi connectivity index (χ3n) is 2.10. The molecule has 5 heteroatoms. The van der Waals surface area contributed by atoms with Gasteiger partial charge in [0.15, 0.2) is 11.6 Å². The van der Waals surface area contributed by atoms with E-state index in [2.05, 4.69) is 0 Å². The summed E-state index contributed by atoms with van der Waals surface area (Å²) in [6, 6.07) is 6.37. The van der Waals surface area contributed by atoms with E-state index in [0.29, 0.717) is 11.3 Å². The lowest BCUT2D eigenvalue weighted by Gasteiger charge is -2.02. The number of aliphatic carboxylic acids is 1. The van der Waals surface area contributed by atoms with Crippen molar-refractivity contribution in [2.24, 2.45) is 0 Å². The molecule has 0 saturated heterocycles. The van der Waals surface area contributed by atoms with Crippen molar-refractivity contribution < 1.29 is 24.2 Å². The summed E-state index contributed by atoms with van der Waals surface area (Å²) in [7, 11) is 1.47. The van der Waals surface area contributed by atoms with Crippen LogP contribution in [0, 0.1) is 0 Å². The molecule has 0 spiro atoms. The summed E-state index contributed by atoms with van der Waals surface area (Å²) in [4.78, 5) is 33.1. The van der Waals surface area contributed by atoms with Gasteiger partial charge in [-0.25, -0.2) is 0 Å². The van der Waals surface area contributed by atoms with Crippen LogP contribution in [-0.4, -0.2) is 29.8 Å². The van der Waals surface area contributed by atoms with E-state index in [0.717, 1.165) is 0 Å². The number of hydrogen-bond donors (Lipinski definition) is 1. The molecule has 1 rings (SSSR count). The van der Waals surface area contributed by atoms with Crippen LogP contribution in [0.25, 0.3) is 0 Å². The van der Waals surface area contributed by atoms with Gasteiger partial charge in [-0.2, -0.15) is 0 Å². The van der Waals surface area contributed by atoms with Gasteiger partial charge in [-0.15, -0.1) is 0 Å². The maximum absolute atomic E-state index is 11.6. The summed E-state index contributed by atoms with van der Waals surface area (Å²) < 4.78 is 4.94. The van der Waals surface area contributed by atoms with Gasteiger partial charge in [-0.3, -0.25) is 14.4 Å². The molecule has 1 aromatic rings. The molecule has 0 fully saturated rings. The van der Waals surface area contributed by atoms with Crippen LogP contribution in [0.5, 0.6) is 5.75 Å². The van der Waals surface area contributed by atoms with Gasteiger partial charge in [0, 0.05) is 5.56 Å². The minimum absolute atomic E-state index is 0.336. The minimum Gasteiger partial charge on any atom is -0.497 e. The fraction of sp³-hybridized carbons (Fsp3) is 0.250. The van der Waals surface area contributed by atoms with Crippen molar-refractivity contribution >= 4 is 17.5 Å². The Morgan fingerprint density at radius 2 is 1.94 bits per heavy atom. The van der Waals surface area contributed by atoms with Crippen LogP contribution in [0.2, 0.25) is 0 Å². The number of rotatable bonds is 6. The number of carboxylic acid groups (broad SMARTS) is 1. The number of ketones is 2. The van der Waals surface area contributed by atoms with Crippen molar-refractivity contribution in [3.63, 3.8) is 0 Å². The van der Waals surface area contributed by atoms with Crippen molar-refractivity contribution in [1.82, 2.24) is 0 Å². The molecule has 1 aromatic carbocycles. The highest BCUT2D eigenvalue weighted by Crippen LogP contribution is 2.14. The molecular formula is C12H12O5. The molecule has 90 valence electrons. The largest absolute Gasteiger partial charge is 0.497 e. The topological polar surface area (TPSA) is 80.7 Å². The summed E-state index contributed by atoms with van der Waals surface area (Å²) in [6.45, 7) is 0. The van der Waals surface area contributed by atoms with E-state index in [1.165, 1.54) is 13.2 Å². The Hall–Kier alpha value is -2.17. The third kappa shape index (κ3) is 4.06. The average Bonchev–Trinajstić information content (AvgIpc) is 2.27.